The van der Waals surface area contributed by atoms with E-state index in [4.69, 9.17) is 4.74 Å². The van der Waals surface area contributed by atoms with Crippen LogP contribution < -0.4 is 4.74 Å². The molecule has 0 fully saturated rings. The lowest BCUT2D eigenvalue weighted by molar-refractivity contribution is 0.314. The van der Waals surface area contributed by atoms with E-state index in [0.717, 1.165) is 0 Å². The van der Waals surface area contributed by atoms with Gasteiger partial charge >= 0.3 is 0 Å². The second-order valence-electron chi connectivity index (χ2n) is 5.18. The van der Waals surface area contributed by atoms with Crippen molar-refractivity contribution in [1.29, 1.82) is 0 Å². The molecule has 0 radical (unpaired) electrons. The summed E-state index contributed by atoms with van der Waals surface area (Å²) in [5.41, 5.74) is 1.14. The van der Waals surface area contributed by atoms with Gasteiger partial charge in [0, 0.05) is 12.0 Å². The van der Waals surface area contributed by atoms with Gasteiger partial charge in [0.05, 0.1) is 13.3 Å². The van der Waals surface area contributed by atoms with E-state index in [1.165, 1.54) is 18.2 Å². The quantitative estimate of drug-likeness (QED) is 0.555. The summed E-state index contributed by atoms with van der Waals surface area (Å²) >= 11 is 0. The van der Waals surface area contributed by atoms with Crippen LogP contribution >= 0.6 is 0 Å². The van der Waals surface area contributed by atoms with Crippen molar-refractivity contribution in [3.8, 4) is 16.9 Å². The topological polar surface area (TPSA) is 9.23 Å². The van der Waals surface area contributed by atoms with Crippen LogP contribution in [0.2, 0.25) is 0 Å². The minimum absolute atomic E-state index is 0.0387. The van der Waals surface area contributed by atoms with Gasteiger partial charge in [0.1, 0.15) is 5.83 Å². The first-order valence-electron chi connectivity index (χ1n) is 7.70. The Morgan fingerprint density at radius 2 is 1.75 bits per heavy atom. The van der Waals surface area contributed by atoms with Gasteiger partial charge in [0.2, 0.25) is 5.82 Å². The summed E-state index contributed by atoms with van der Waals surface area (Å²) in [7, 11) is 0. The Morgan fingerprint density at radius 3 is 2.38 bits per heavy atom. The number of hydrogen-bond donors (Lipinski definition) is 0. The van der Waals surface area contributed by atoms with Gasteiger partial charge in [-0.3, -0.25) is 4.39 Å². The van der Waals surface area contributed by atoms with Crippen LogP contribution in [0.25, 0.3) is 17.2 Å². The van der Waals surface area contributed by atoms with Gasteiger partial charge in [0.25, 0.3) is 0 Å². The third-order valence-corrected chi connectivity index (χ3v) is 3.44. The number of halogens is 4. The van der Waals surface area contributed by atoms with Gasteiger partial charge < -0.3 is 4.74 Å². The Morgan fingerprint density at radius 1 is 1.04 bits per heavy atom. The molecule has 0 bridgehead atoms. The van der Waals surface area contributed by atoms with Gasteiger partial charge in [-0.15, -0.1) is 0 Å². The Kier molecular flexibility index (Phi) is 6.41. The van der Waals surface area contributed by atoms with E-state index < -0.39 is 24.1 Å². The maximum absolute atomic E-state index is 14.2. The number of allylic oxidation sites excluding steroid dienone is 1. The summed E-state index contributed by atoms with van der Waals surface area (Å²) in [4.78, 5) is 0. The first-order chi connectivity index (χ1) is 11.6. The number of benzene rings is 2. The molecule has 0 N–H and O–H groups in total. The minimum atomic E-state index is -1.03. The molecule has 0 heterocycles. The molecule has 0 aromatic heterocycles. The zero-order chi connectivity index (χ0) is 17.5. The molecule has 0 aliphatic rings. The first kappa shape index (κ1) is 18.0. The summed E-state index contributed by atoms with van der Waals surface area (Å²) in [6.45, 7) is 1.36. The molecule has 5 heteroatoms. The van der Waals surface area contributed by atoms with E-state index in [-0.39, 0.29) is 30.8 Å². The van der Waals surface area contributed by atoms with Crippen LogP contribution in [0.5, 0.6) is 5.75 Å². The number of alkyl halides is 1. The van der Waals surface area contributed by atoms with Gasteiger partial charge in [-0.1, -0.05) is 24.3 Å². The molecule has 0 aliphatic heterocycles. The smallest absolute Gasteiger partial charge is 0.201 e. The zero-order valence-electron chi connectivity index (χ0n) is 13.3. The molecule has 2 aromatic carbocycles. The monoisotopic (exact) mass is 338 g/mol. The van der Waals surface area contributed by atoms with Crippen molar-refractivity contribution < 1.29 is 22.3 Å². The second-order valence-corrected chi connectivity index (χ2v) is 5.18. The number of ether oxygens (including phenoxy) is 1. The van der Waals surface area contributed by atoms with E-state index in [1.807, 2.05) is 0 Å². The van der Waals surface area contributed by atoms with Crippen molar-refractivity contribution in [2.75, 3.05) is 13.3 Å². The Balaban J connectivity index is 2.23. The predicted octanol–water partition coefficient (Wildman–Crippen LogP) is 6.09. The molecule has 24 heavy (non-hydrogen) atoms. The minimum Gasteiger partial charge on any atom is -0.491 e. The molecule has 0 unspecified atom stereocenters. The fraction of sp³-hybridized carbons (Fsp3) is 0.263. The Bertz CT molecular complexity index is 708. The van der Waals surface area contributed by atoms with Crippen LogP contribution in [0.15, 0.2) is 42.2 Å². The summed E-state index contributed by atoms with van der Waals surface area (Å²) in [6, 6.07) is 9.16. The van der Waals surface area contributed by atoms with E-state index >= 15 is 0 Å². The van der Waals surface area contributed by atoms with Crippen molar-refractivity contribution in [3.63, 3.8) is 0 Å². The van der Waals surface area contributed by atoms with Crippen LogP contribution in [-0.4, -0.2) is 13.3 Å². The van der Waals surface area contributed by atoms with Gasteiger partial charge in [-0.25, -0.2) is 8.78 Å². The average Bonchev–Trinajstić information content (AvgIpc) is 2.58. The Hall–Kier alpha value is -2.30. The van der Waals surface area contributed by atoms with Gasteiger partial charge in [-0.05, 0) is 42.7 Å². The lowest BCUT2D eigenvalue weighted by Gasteiger charge is -2.09. The van der Waals surface area contributed by atoms with Crippen molar-refractivity contribution in [3.05, 3.63) is 59.4 Å². The summed E-state index contributed by atoms with van der Waals surface area (Å²) in [6.07, 6.45) is 1.47. The molecule has 128 valence electrons. The molecule has 0 amide bonds. The zero-order valence-corrected chi connectivity index (χ0v) is 13.3. The fourth-order valence-corrected chi connectivity index (χ4v) is 2.27. The van der Waals surface area contributed by atoms with Crippen LogP contribution in [0.4, 0.5) is 17.6 Å². The maximum atomic E-state index is 14.2. The van der Waals surface area contributed by atoms with Crippen LogP contribution in [0.3, 0.4) is 0 Å². The fourth-order valence-electron chi connectivity index (χ4n) is 2.27. The highest BCUT2D eigenvalue weighted by atomic mass is 19.2. The highest BCUT2D eigenvalue weighted by Crippen LogP contribution is 2.30. The third-order valence-electron chi connectivity index (χ3n) is 3.44. The highest BCUT2D eigenvalue weighted by Gasteiger charge is 2.15. The molecule has 1 nitrogen and oxygen atoms in total. The first-order valence-corrected chi connectivity index (χ1v) is 7.70. The Labute approximate surface area is 138 Å². The highest BCUT2D eigenvalue weighted by molar-refractivity contribution is 5.67. The molecule has 2 aromatic rings. The van der Waals surface area contributed by atoms with E-state index in [1.54, 1.807) is 31.2 Å². The molecular formula is C19H18F4O. The molecular weight excluding hydrogens is 320 g/mol. The molecule has 0 saturated carbocycles. The molecule has 0 spiro atoms. The molecule has 0 saturated heterocycles. The van der Waals surface area contributed by atoms with E-state index in [0.29, 0.717) is 11.1 Å². The normalized spacial score (nSPS) is 11.6. The number of rotatable bonds is 7. The van der Waals surface area contributed by atoms with Crippen LogP contribution in [0, 0.1) is 11.6 Å². The van der Waals surface area contributed by atoms with Gasteiger partial charge in [0.15, 0.2) is 11.6 Å². The number of hydrogen-bond acceptors (Lipinski definition) is 1. The largest absolute Gasteiger partial charge is 0.491 e. The van der Waals surface area contributed by atoms with Crippen molar-refractivity contribution in [2.45, 2.75) is 19.8 Å². The summed E-state index contributed by atoms with van der Waals surface area (Å²) in [5.74, 6) is -2.57. The van der Waals surface area contributed by atoms with E-state index in [2.05, 4.69) is 0 Å². The average molecular weight is 338 g/mol. The van der Waals surface area contributed by atoms with Gasteiger partial charge in [-0.2, -0.15) is 4.39 Å². The lowest BCUT2D eigenvalue weighted by Crippen LogP contribution is -1.98. The van der Waals surface area contributed by atoms with Crippen molar-refractivity contribution in [2.24, 2.45) is 0 Å². The summed E-state index contributed by atoms with van der Waals surface area (Å²) < 4.78 is 58.6. The second kappa shape index (κ2) is 8.52. The SMILES string of the molecule is CCOc1ccc(-c2ccc(C=C(F)CCCF)cc2)c(F)c1F. The molecule has 2 rings (SSSR count). The third kappa shape index (κ3) is 4.37. The summed E-state index contributed by atoms with van der Waals surface area (Å²) in [5, 5.41) is 0. The van der Waals surface area contributed by atoms with Crippen LogP contribution in [0.1, 0.15) is 25.3 Å². The van der Waals surface area contributed by atoms with E-state index in [9.17, 15) is 17.6 Å². The lowest BCUT2D eigenvalue weighted by atomic mass is 10.0. The van der Waals surface area contributed by atoms with Crippen molar-refractivity contribution >= 4 is 6.08 Å². The van der Waals surface area contributed by atoms with Crippen molar-refractivity contribution in [1.82, 2.24) is 0 Å². The molecule has 0 aliphatic carbocycles. The predicted molar refractivity (Wildman–Crippen MR) is 87.3 cm³/mol. The van der Waals surface area contributed by atoms with Crippen LogP contribution in [-0.2, 0) is 0 Å². The maximum Gasteiger partial charge on any atom is 0.201 e. The standard InChI is InChI=1S/C19H18F4O/c1-2-24-17-10-9-16(18(22)19(17)23)14-7-5-13(6-8-14)12-15(21)4-3-11-20/h5-10,12H,2-4,11H2,1H3. The molecule has 0 atom stereocenters.